The van der Waals surface area contributed by atoms with E-state index in [1.54, 1.807) is 0 Å². The molecule has 2 heterocycles. The Hall–Kier alpha value is -0.780. The van der Waals surface area contributed by atoms with Gasteiger partial charge in [0.15, 0.2) is 4.34 Å². The topological polar surface area (TPSA) is 119 Å². The average molecular weight is 357 g/mol. The number of rotatable bonds is 5. The van der Waals surface area contributed by atoms with Crippen molar-refractivity contribution in [1.82, 2.24) is 4.72 Å². The Balaban J connectivity index is 2.29. The maximum Gasteiger partial charge on any atom is 0.300 e. The third-order valence-corrected chi connectivity index (χ3v) is 6.60. The fourth-order valence-corrected chi connectivity index (χ4v) is 5.10. The number of halogens is 1. The number of hydrogen-bond donors (Lipinski definition) is 2. The van der Waals surface area contributed by atoms with E-state index in [0.29, 0.717) is 37.4 Å². The second-order valence-electron chi connectivity index (χ2n) is 4.64. The summed E-state index contributed by atoms with van der Waals surface area (Å²) in [6.07, 6.45) is 0.647. The third-order valence-electron chi connectivity index (χ3n) is 3.21. The standard InChI is InChI=1S/C10H13ClN2O6S2/c11-9-7(13(15)16)5-8(20-9)21(17,18)12-10(6-14)1-3-19-4-2-10/h5,12,14H,1-4,6H2. The van der Waals surface area contributed by atoms with Gasteiger partial charge in [0, 0.05) is 19.3 Å². The SMILES string of the molecule is O=[N+]([O-])c1cc(S(=O)(=O)NC2(CO)CCOCC2)sc1Cl. The molecular formula is C10H13ClN2O6S2. The molecule has 1 aliphatic rings. The van der Waals surface area contributed by atoms with Crippen LogP contribution in [0.15, 0.2) is 10.3 Å². The molecule has 118 valence electrons. The van der Waals surface area contributed by atoms with Gasteiger partial charge < -0.3 is 9.84 Å². The van der Waals surface area contributed by atoms with Crippen LogP contribution < -0.4 is 4.72 Å². The van der Waals surface area contributed by atoms with Gasteiger partial charge in [-0.2, -0.15) is 0 Å². The van der Waals surface area contributed by atoms with Crippen LogP contribution >= 0.6 is 22.9 Å². The van der Waals surface area contributed by atoms with Gasteiger partial charge in [-0.25, -0.2) is 13.1 Å². The number of nitrogens with one attached hydrogen (secondary N) is 1. The van der Waals surface area contributed by atoms with Crippen LogP contribution in [0.4, 0.5) is 5.69 Å². The van der Waals surface area contributed by atoms with Crippen LogP contribution in [0.3, 0.4) is 0 Å². The summed E-state index contributed by atoms with van der Waals surface area (Å²) in [5.41, 5.74) is -1.46. The first-order valence-electron chi connectivity index (χ1n) is 5.96. The molecule has 0 unspecified atom stereocenters. The van der Waals surface area contributed by atoms with Crippen molar-refractivity contribution in [3.8, 4) is 0 Å². The highest BCUT2D eigenvalue weighted by Crippen LogP contribution is 2.37. The van der Waals surface area contributed by atoms with Crippen molar-refractivity contribution >= 4 is 38.6 Å². The molecule has 0 aliphatic carbocycles. The molecule has 21 heavy (non-hydrogen) atoms. The Labute approximate surface area is 129 Å². The number of ether oxygens (including phenoxy) is 1. The Bertz CT molecular complexity index is 638. The molecule has 1 saturated heterocycles. The maximum absolute atomic E-state index is 12.3. The average Bonchev–Trinajstić information content (AvgIpc) is 2.82. The van der Waals surface area contributed by atoms with E-state index in [4.69, 9.17) is 16.3 Å². The molecule has 0 bridgehead atoms. The van der Waals surface area contributed by atoms with E-state index in [-0.39, 0.29) is 15.2 Å². The first kappa shape index (κ1) is 16.6. The van der Waals surface area contributed by atoms with E-state index in [1.807, 2.05) is 0 Å². The minimum absolute atomic E-state index is 0.203. The normalized spacial score (nSPS) is 18.6. The third kappa shape index (κ3) is 3.52. The van der Waals surface area contributed by atoms with Gasteiger partial charge in [-0.3, -0.25) is 10.1 Å². The quantitative estimate of drug-likeness (QED) is 0.603. The summed E-state index contributed by atoms with van der Waals surface area (Å²) in [6, 6.07) is 0.916. The molecule has 0 atom stereocenters. The van der Waals surface area contributed by atoms with Crippen molar-refractivity contribution < 1.29 is 23.2 Å². The van der Waals surface area contributed by atoms with Gasteiger partial charge in [0.25, 0.3) is 15.7 Å². The van der Waals surface area contributed by atoms with Crippen LogP contribution in [0, 0.1) is 10.1 Å². The minimum Gasteiger partial charge on any atom is -0.394 e. The molecule has 0 amide bonds. The molecule has 1 aromatic rings. The predicted octanol–water partition coefficient (Wildman–Crippen LogP) is 1.13. The van der Waals surface area contributed by atoms with Gasteiger partial charge in [-0.15, -0.1) is 11.3 Å². The van der Waals surface area contributed by atoms with Crippen LogP contribution in [0.2, 0.25) is 4.34 Å². The highest BCUT2D eigenvalue weighted by atomic mass is 35.5. The Morgan fingerprint density at radius 2 is 2.14 bits per heavy atom. The largest absolute Gasteiger partial charge is 0.394 e. The van der Waals surface area contributed by atoms with E-state index in [0.717, 1.165) is 6.07 Å². The highest BCUT2D eigenvalue weighted by Gasteiger charge is 2.38. The number of hydrogen-bond acceptors (Lipinski definition) is 7. The summed E-state index contributed by atoms with van der Waals surface area (Å²) in [6.45, 7) is 0.277. The highest BCUT2D eigenvalue weighted by molar-refractivity contribution is 7.91. The molecule has 2 rings (SSSR count). The lowest BCUT2D eigenvalue weighted by atomic mass is 9.93. The number of sulfonamides is 1. The molecule has 1 fully saturated rings. The lowest BCUT2D eigenvalue weighted by Gasteiger charge is -2.35. The zero-order chi connectivity index (χ0) is 15.7. The first-order chi connectivity index (χ1) is 9.80. The van der Waals surface area contributed by atoms with E-state index in [9.17, 15) is 23.6 Å². The molecule has 2 N–H and O–H groups in total. The Morgan fingerprint density at radius 1 is 1.52 bits per heavy atom. The zero-order valence-electron chi connectivity index (χ0n) is 10.7. The number of nitrogens with zero attached hydrogens (tertiary/aromatic N) is 1. The van der Waals surface area contributed by atoms with Gasteiger partial charge in [-0.1, -0.05) is 11.6 Å². The molecule has 1 aromatic heterocycles. The van der Waals surface area contributed by atoms with E-state index < -0.39 is 26.2 Å². The molecule has 0 radical (unpaired) electrons. The molecule has 0 spiro atoms. The van der Waals surface area contributed by atoms with E-state index in [1.165, 1.54) is 0 Å². The number of thiophene rings is 1. The summed E-state index contributed by atoms with van der Waals surface area (Å²) in [4.78, 5) is 9.99. The zero-order valence-corrected chi connectivity index (χ0v) is 13.1. The minimum atomic E-state index is -4.00. The van der Waals surface area contributed by atoms with Crippen molar-refractivity contribution in [3.05, 3.63) is 20.5 Å². The van der Waals surface area contributed by atoms with Gasteiger partial charge in [0.2, 0.25) is 0 Å². The van der Waals surface area contributed by atoms with Crippen molar-refractivity contribution in [3.63, 3.8) is 0 Å². The Kier molecular flexibility index (Phi) is 4.85. The lowest BCUT2D eigenvalue weighted by Crippen LogP contribution is -2.54. The first-order valence-corrected chi connectivity index (χ1v) is 8.64. The van der Waals surface area contributed by atoms with Crippen molar-refractivity contribution in [2.24, 2.45) is 0 Å². The lowest BCUT2D eigenvalue weighted by molar-refractivity contribution is -0.384. The van der Waals surface area contributed by atoms with Crippen LogP contribution in [-0.2, 0) is 14.8 Å². The molecular weight excluding hydrogens is 344 g/mol. The molecule has 0 saturated carbocycles. The monoisotopic (exact) mass is 356 g/mol. The molecule has 0 aromatic carbocycles. The van der Waals surface area contributed by atoms with Crippen LogP contribution in [0.25, 0.3) is 0 Å². The van der Waals surface area contributed by atoms with Crippen LogP contribution in [0.1, 0.15) is 12.8 Å². The fraction of sp³-hybridized carbons (Fsp3) is 0.600. The van der Waals surface area contributed by atoms with E-state index >= 15 is 0 Å². The number of aliphatic hydroxyl groups is 1. The summed E-state index contributed by atoms with van der Waals surface area (Å²) in [5, 5.41) is 20.2. The number of nitro groups is 1. The predicted molar refractivity (Wildman–Crippen MR) is 76.2 cm³/mol. The second kappa shape index (κ2) is 6.15. The summed E-state index contributed by atoms with van der Waals surface area (Å²) in [7, 11) is -4.00. The van der Waals surface area contributed by atoms with Crippen molar-refractivity contribution in [2.45, 2.75) is 22.6 Å². The molecule has 11 heteroatoms. The van der Waals surface area contributed by atoms with Gasteiger partial charge in [0.05, 0.1) is 17.1 Å². The summed E-state index contributed by atoms with van der Waals surface area (Å²) in [5.74, 6) is 0. The molecule has 8 nitrogen and oxygen atoms in total. The second-order valence-corrected chi connectivity index (χ2v) is 8.20. The smallest absolute Gasteiger partial charge is 0.300 e. The number of aliphatic hydroxyl groups excluding tert-OH is 1. The maximum atomic E-state index is 12.3. The molecule has 1 aliphatic heterocycles. The van der Waals surface area contributed by atoms with Gasteiger partial charge >= 0.3 is 0 Å². The summed E-state index contributed by atoms with van der Waals surface area (Å²) >= 11 is 6.28. The van der Waals surface area contributed by atoms with Crippen molar-refractivity contribution in [2.75, 3.05) is 19.8 Å². The van der Waals surface area contributed by atoms with Crippen molar-refractivity contribution in [1.29, 1.82) is 0 Å². The van der Waals surface area contributed by atoms with Gasteiger partial charge in [-0.05, 0) is 12.8 Å². The van der Waals surface area contributed by atoms with Gasteiger partial charge in [0.1, 0.15) is 4.21 Å². The van der Waals surface area contributed by atoms with Crippen LogP contribution in [-0.4, -0.2) is 43.8 Å². The fourth-order valence-electron chi connectivity index (χ4n) is 1.99. The van der Waals surface area contributed by atoms with Crippen LogP contribution in [0.5, 0.6) is 0 Å². The van der Waals surface area contributed by atoms with E-state index in [2.05, 4.69) is 4.72 Å². The summed E-state index contributed by atoms with van der Waals surface area (Å²) < 4.78 is 31.8. The Morgan fingerprint density at radius 3 is 2.62 bits per heavy atom.